The van der Waals surface area contributed by atoms with Gasteiger partial charge in [0.2, 0.25) is 10.0 Å². The average molecular weight is 489 g/mol. The normalized spacial score (nSPS) is 19.7. The predicted octanol–water partition coefficient (Wildman–Crippen LogP) is 3.93. The number of nitrogens with zero attached hydrogens (tertiary/aromatic N) is 2. The zero-order chi connectivity index (χ0) is 22.3. The lowest BCUT2D eigenvalue weighted by atomic mass is 9.97. The molecule has 3 aromatic rings. The van der Waals surface area contributed by atoms with Gasteiger partial charge in [0.1, 0.15) is 0 Å². The summed E-state index contributed by atoms with van der Waals surface area (Å²) in [6.07, 6.45) is 0.811. The molecular formula is C23H24N2O4S3. The number of carbonyl (C=O) groups excluding carboxylic acids is 1. The molecule has 6 nitrogen and oxygen atoms in total. The van der Waals surface area contributed by atoms with Crippen LogP contribution in [0.5, 0.6) is 0 Å². The second-order valence-corrected chi connectivity index (χ2v) is 11.8. The Hall–Kier alpha value is -2.04. The summed E-state index contributed by atoms with van der Waals surface area (Å²) in [4.78, 5) is 18.2. The molecule has 0 aliphatic carbocycles. The van der Waals surface area contributed by atoms with Crippen LogP contribution in [0.1, 0.15) is 37.3 Å². The molecule has 2 aliphatic heterocycles. The number of thiophene rings is 2. The molecule has 4 heterocycles. The van der Waals surface area contributed by atoms with E-state index in [0.717, 1.165) is 11.3 Å². The molecule has 0 radical (unpaired) electrons. The van der Waals surface area contributed by atoms with Crippen LogP contribution < -0.4 is 0 Å². The van der Waals surface area contributed by atoms with E-state index >= 15 is 0 Å². The van der Waals surface area contributed by atoms with Gasteiger partial charge in [-0.25, -0.2) is 8.42 Å². The molecule has 2 aliphatic rings. The van der Waals surface area contributed by atoms with E-state index in [0.29, 0.717) is 44.0 Å². The second kappa shape index (κ2) is 8.72. The van der Waals surface area contributed by atoms with Crippen LogP contribution in [0.25, 0.3) is 0 Å². The van der Waals surface area contributed by atoms with Crippen molar-refractivity contribution >= 4 is 38.6 Å². The number of amides is 1. The molecule has 5 rings (SSSR count). The molecule has 0 saturated carbocycles. The number of hydrogen-bond donors (Lipinski definition) is 0. The van der Waals surface area contributed by atoms with E-state index < -0.39 is 10.0 Å². The Morgan fingerprint density at radius 3 is 2.62 bits per heavy atom. The first kappa shape index (κ1) is 21.8. The van der Waals surface area contributed by atoms with Crippen LogP contribution in [0, 0.1) is 6.92 Å². The number of morpholine rings is 1. The number of carbonyl (C=O) groups is 1. The fourth-order valence-corrected chi connectivity index (χ4v) is 7.81. The number of aryl methyl sites for hydroxylation is 1. The van der Waals surface area contributed by atoms with Gasteiger partial charge in [0.25, 0.3) is 5.91 Å². The lowest BCUT2D eigenvalue weighted by Crippen LogP contribution is -2.41. The SMILES string of the molecule is Cc1ccc(C(=O)N2CCc3sccc3C2c2cccs2)cc1S(=O)(=O)N1CCOCC1. The predicted molar refractivity (Wildman–Crippen MR) is 126 cm³/mol. The minimum atomic E-state index is -3.69. The van der Waals surface area contributed by atoms with Crippen LogP contribution in [-0.2, 0) is 21.2 Å². The Labute approximate surface area is 196 Å². The first-order valence-corrected chi connectivity index (χ1v) is 13.8. The molecule has 1 aromatic carbocycles. The maximum Gasteiger partial charge on any atom is 0.254 e. The molecule has 1 fully saturated rings. The molecule has 2 aromatic heterocycles. The van der Waals surface area contributed by atoms with Crippen LogP contribution >= 0.6 is 22.7 Å². The summed E-state index contributed by atoms with van der Waals surface area (Å²) in [6, 6.07) is 11.1. The maximum atomic E-state index is 13.7. The van der Waals surface area contributed by atoms with E-state index in [1.807, 2.05) is 16.3 Å². The van der Waals surface area contributed by atoms with Crippen LogP contribution in [0.2, 0.25) is 0 Å². The number of rotatable bonds is 4. The molecule has 1 amide bonds. The third-order valence-electron chi connectivity index (χ3n) is 6.06. The van der Waals surface area contributed by atoms with E-state index in [2.05, 4.69) is 17.5 Å². The number of fused-ring (bicyclic) bond motifs is 1. The first-order chi connectivity index (χ1) is 15.5. The minimum Gasteiger partial charge on any atom is -0.379 e. The number of ether oxygens (including phenoxy) is 1. The summed E-state index contributed by atoms with van der Waals surface area (Å²) in [5.41, 5.74) is 2.22. The molecular weight excluding hydrogens is 464 g/mol. The van der Waals surface area contributed by atoms with Gasteiger partial charge in [-0.3, -0.25) is 4.79 Å². The van der Waals surface area contributed by atoms with Crippen molar-refractivity contribution in [1.82, 2.24) is 9.21 Å². The Balaban J connectivity index is 1.51. The molecule has 32 heavy (non-hydrogen) atoms. The largest absolute Gasteiger partial charge is 0.379 e. The van der Waals surface area contributed by atoms with E-state index in [1.54, 1.807) is 47.8 Å². The van der Waals surface area contributed by atoms with Gasteiger partial charge in [-0.2, -0.15) is 4.31 Å². The smallest absolute Gasteiger partial charge is 0.254 e. The zero-order valence-corrected chi connectivity index (χ0v) is 20.1. The lowest BCUT2D eigenvalue weighted by molar-refractivity contribution is 0.0698. The van der Waals surface area contributed by atoms with Crippen molar-refractivity contribution in [3.63, 3.8) is 0 Å². The fourth-order valence-electron chi connectivity index (χ4n) is 4.39. The van der Waals surface area contributed by atoms with Crippen LogP contribution in [0.3, 0.4) is 0 Å². The fraction of sp³-hybridized carbons (Fsp3) is 0.348. The highest BCUT2D eigenvalue weighted by Crippen LogP contribution is 2.40. The van der Waals surface area contributed by atoms with Crippen LogP contribution in [0.15, 0.2) is 52.1 Å². The van der Waals surface area contributed by atoms with Gasteiger partial charge in [-0.1, -0.05) is 12.1 Å². The molecule has 1 unspecified atom stereocenters. The molecule has 1 atom stereocenters. The monoisotopic (exact) mass is 488 g/mol. The van der Waals surface area contributed by atoms with Crippen molar-refractivity contribution in [3.05, 3.63) is 73.6 Å². The third kappa shape index (κ3) is 3.82. The van der Waals surface area contributed by atoms with Gasteiger partial charge in [0.15, 0.2) is 0 Å². The maximum absolute atomic E-state index is 13.7. The Kier molecular flexibility index (Phi) is 5.94. The Morgan fingerprint density at radius 1 is 1.06 bits per heavy atom. The Morgan fingerprint density at radius 2 is 1.88 bits per heavy atom. The van der Waals surface area contributed by atoms with Gasteiger partial charge in [0, 0.05) is 35.0 Å². The van der Waals surface area contributed by atoms with Gasteiger partial charge in [-0.15, -0.1) is 22.7 Å². The highest BCUT2D eigenvalue weighted by Gasteiger charge is 2.35. The van der Waals surface area contributed by atoms with Gasteiger partial charge >= 0.3 is 0 Å². The lowest BCUT2D eigenvalue weighted by Gasteiger charge is -2.35. The molecule has 9 heteroatoms. The van der Waals surface area contributed by atoms with Crippen LogP contribution in [0.4, 0.5) is 0 Å². The zero-order valence-electron chi connectivity index (χ0n) is 17.7. The van der Waals surface area contributed by atoms with Crippen molar-refractivity contribution in [1.29, 1.82) is 0 Å². The summed E-state index contributed by atoms with van der Waals surface area (Å²) < 4.78 is 33.3. The molecule has 168 valence electrons. The second-order valence-electron chi connectivity index (χ2n) is 7.96. The van der Waals surface area contributed by atoms with E-state index in [1.165, 1.54) is 14.7 Å². The summed E-state index contributed by atoms with van der Waals surface area (Å²) in [5, 5.41) is 4.11. The molecule has 0 spiro atoms. The topological polar surface area (TPSA) is 66.9 Å². The van der Waals surface area contributed by atoms with Crippen molar-refractivity contribution in [2.75, 3.05) is 32.8 Å². The van der Waals surface area contributed by atoms with E-state index in [4.69, 9.17) is 4.74 Å². The van der Waals surface area contributed by atoms with Gasteiger partial charge in [0.05, 0.1) is 24.2 Å². The number of sulfonamides is 1. The third-order valence-corrected chi connectivity index (χ3v) is 10.0. The molecule has 1 saturated heterocycles. The van der Waals surface area contributed by atoms with Gasteiger partial charge < -0.3 is 9.64 Å². The van der Waals surface area contributed by atoms with Gasteiger partial charge in [-0.05, 0) is 59.5 Å². The van der Waals surface area contributed by atoms with E-state index in [9.17, 15) is 13.2 Å². The standard InChI is InChI=1S/C23H24N2O4S3/c1-16-4-5-17(15-21(16)32(27,28)24-9-11-29-12-10-24)23(26)25-8-6-19-18(7-14-31-19)22(25)20-3-2-13-30-20/h2-5,7,13-15,22H,6,8-12H2,1H3. The molecule has 0 bridgehead atoms. The summed E-state index contributed by atoms with van der Waals surface area (Å²) in [6.45, 7) is 3.80. The minimum absolute atomic E-state index is 0.140. The Bertz CT molecular complexity index is 1230. The summed E-state index contributed by atoms with van der Waals surface area (Å²) in [7, 11) is -3.69. The highest BCUT2D eigenvalue weighted by atomic mass is 32.2. The van der Waals surface area contributed by atoms with E-state index in [-0.39, 0.29) is 16.8 Å². The number of benzene rings is 1. The molecule has 0 N–H and O–H groups in total. The summed E-state index contributed by atoms with van der Waals surface area (Å²) >= 11 is 3.37. The van der Waals surface area contributed by atoms with Crippen LogP contribution in [-0.4, -0.2) is 56.4 Å². The van der Waals surface area contributed by atoms with Crippen molar-refractivity contribution < 1.29 is 17.9 Å². The van der Waals surface area contributed by atoms with Crippen molar-refractivity contribution in [2.45, 2.75) is 24.3 Å². The van der Waals surface area contributed by atoms with Crippen molar-refractivity contribution in [2.24, 2.45) is 0 Å². The van der Waals surface area contributed by atoms with Crippen molar-refractivity contribution in [3.8, 4) is 0 Å². The quantitative estimate of drug-likeness (QED) is 0.558. The first-order valence-electron chi connectivity index (χ1n) is 10.6. The highest BCUT2D eigenvalue weighted by molar-refractivity contribution is 7.89. The number of hydrogen-bond acceptors (Lipinski definition) is 6. The average Bonchev–Trinajstić information content (AvgIpc) is 3.51. The summed E-state index contributed by atoms with van der Waals surface area (Å²) in [5.74, 6) is -0.140.